The number of likely N-dealkylation sites (N-methyl/N-ethyl adjacent to an activating group) is 1. The Balaban J connectivity index is 2.04. The second-order valence-corrected chi connectivity index (χ2v) is 11.4. The Kier molecular flexibility index (Phi) is 8.87. The zero-order chi connectivity index (χ0) is 25.8. The lowest BCUT2D eigenvalue weighted by molar-refractivity contribution is 0.354. The second-order valence-electron chi connectivity index (χ2n) is 10.1. The SMILES string of the molecule is C=C([C@H](c1ccc(C2CC2)cc1)C(C)(C)C(/C=C\C)=C/Cc1cc(P)cc(C#N)c1)N(C)C(C)=S. The summed E-state index contributed by atoms with van der Waals surface area (Å²) in [5, 5.41) is 10.4. The van der Waals surface area contributed by atoms with Crippen molar-refractivity contribution < 1.29 is 0 Å². The molecule has 0 saturated heterocycles. The molecule has 4 heteroatoms. The molecular formula is C31H37N2PS. The van der Waals surface area contributed by atoms with Gasteiger partial charge < -0.3 is 4.90 Å². The smallest absolute Gasteiger partial charge is 0.0991 e. The lowest BCUT2D eigenvalue weighted by Crippen LogP contribution is -2.33. The monoisotopic (exact) mass is 500 g/mol. The van der Waals surface area contributed by atoms with E-state index >= 15 is 0 Å². The van der Waals surface area contributed by atoms with Crippen LogP contribution < -0.4 is 5.30 Å². The maximum atomic E-state index is 9.38. The first-order chi connectivity index (χ1) is 16.6. The van der Waals surface area contributed by atoms with Crippen LogP contribution in [0.3, 0.4) is 0 Å². The molecule has 1 fully saturated rings. The van der Waals surface area contributed by atoms with Crippen molar-refractivity contribution in [1.82, 2.24) is 4.90 Å². The minimum atomic E-state index is -0.250. The highest BCUT2D eigenvalue weighted by atomic mass is 32.1. The van der Waals surface area contributed by atoms with Gasteiger partial charge in [0.2, 0.25) is 0 Å². The van der Waals surface area contributed by atoms with E-state index in [0.29, 0.717) is 5.56 Å². The molecule has 2 aromatic carbocycles. The highest BCUT2D eigenvalue weighted by Crippen LogP contribution is 2.48. The van der Waals surface area contributed by atoms with E-state index in [1.807, 2.05) is 31.0 Å². The molecule has 0 aliphatic heterocycles. The van der Waals surface area contributed by atoms with Gasteiger partial charge in [0, 0.05) is 24.1 Å². The standard InChI is InChI=1S/C31H37N2PS/c1-7-8-28(16-9-23-17-24(20-32)19-29(34)18-23)31(4,5)30(21(2)33(6)22(3)35)27-14-12-26(13-15-27)25-10-11-25/h7-8,12-19,25,30H,2,9-11,34H2,1,3-6H3/b8-7-,28-16+/t30-/m1/s1. The van der Waals surface area contributed by atoms with E-state index in [0.717, 1.165) is 33.9 Å². The van der Waals surface area contributed by atoms with Crippen molar-refractivity contribution in [2.75, 3.05) is 7.05 Å². The van der Waals surface area contributed by atoms with Gasteiger partial charge >= 0.3 is 0 Å². The molecule has 2 nitrogen and oxygen atoms in total. The maximum Gasteiger partial charge on any atom is 0.0991 e. The Labute approximate surface area is 219 Å². The average molecular weight is 501 g/mol. The first-order valence-corrected chi connectivity index (χ1v) is 13.2. The highest BCUT2D eigenvalue weighted by Gasteiger charge is 2.37. The Morgan fingerprint density at radius 1 is 1.26 bits per heavy atom. The zero-order valence-corrected chi connectivity index (χ0v) is 23.6. The van der Waals surface area contributed by atoms with Gasteiger partial charge in [0.15, 0.2) is 0 Å². The van der Waals surface area contributed by atoms with E-state index in [-0.39, 0.29) is 11.3 Å². The van der Waals surface area contributed by atoms with E-state index in [1.165, 1.54) is 29.5 Å². The molecule has 1 aliphatic carbocycles. The van der Waals surface area contributed by atoms with Crippen LogP contribution in [0.25, 0.3) is 0 Å². The van der Waals surface area contributed by atoms with E-state index in [1.54, 1.807) is 0 Å². The van der Waals surface area contributed by atoms with Gasteiger partial charge in [-0.05, 0) is 78.7 Å². The van der Waals surface area contributed by atoms with Gasteiger partial charge in [-0.25, -0.2) is 0 Å². The molecule has 2 atom stereocenters. The molecule has 0 heterocycles. The molecule has 0 amide bonds. The van der Waals surface area contributed by atoms with Crippen LogP contribution in [-0.4, -0.2) is 16.9 Å². The summed E-state index contributed by atoms with van der Waals surface area (Å²) >= 11 is 5.53. The van der Waals surface area contributed by atoms with Crippen molar-refractivity contribution in [3.8, 4) is 6.07 Å². The molecule has 0 aromatic heterocycles. The van der Waals surface area contributed by atoms with Crippen LogP contribution >= 0.6 is 21.5 Å². The lowest BCUT2D eigenvalue weighted by Gasteiger charge is -2.40. The Morgan fingerprint density at radius 2 is 1.91 bits per heavy atom. The molecule has 0 spiro atoms. The summed E-state index contributed by atoms with van der Waals surface area (Å²) in [5.74, 6) is 0.776. The second kappa shape index (κ2) is 11.5. The highest BCUT2D eigenvalue weighted by molar-refractivity contribution is 7.80. The van der Waals surface area contributed by atoms with E-state index in [4.69, 9.17) is 12.2 Å². The molecule has 182 valence electrons. The lowest BCUT2D eigenvalue weighted by atomic mass is 9.67. The summed E-state index contributed by atoms with van der Waals surface area (Å²) in [6.45, 7) is 13.1. The van der Waals surface area contributed by atoms with Gasteiger partial charge in [0.25, 0.3) is 0 Å². The fourth-order valence-electron chi connectivity index (χ4n) is 4.82. The minimum Gasteiger partial charge on any atom is -0.343 e. The van der Waals surface area contributed by atoms with Crippen molar-refractivity contribution >= 4 is 31.8 Å². The third-order valence-corrected chi connectivity index (χ3v) is 7.68. The predicted octanol–water partition coefficient (Wildman–Crippen LogP) is 7.58. The van der Waals surface area contributed by atoms with E-state index in [9.17, 15) is 5.26 Å². The van der Waals surface area contributed by atoms with Gasteiger partial charge in [-0.2, -0.15) is 5.26 Å². The molecule has 35 heavy (non-hydrogen) atoms. The molecular weight excluding hydrogens is 463 g/mol. The maximum absolute atomic E-state index is 9.38. The summed E-state index contributed by atoms with van der Waals surface area (Å²) in [6.07, 6.45) is 9.95. The molecule has 0 radical (unpaired) electrons. The molecule has 1 saturated carbocycles. The van der Waals surface area contributed by atoms with Crippen molar-refractivity contribution in [1.29, 1.82) is 5.26 Å². The first-order valence-electron chi connectivity index (χ1n) is 12.2. The number of hydrogen-bond donors (Lipinski definition) is 0. The van der Waals surface area contributed by atoms with Gasteiger partial charge in [-0.3, -0.25) is 0 Å². The van der Waals surface area contributed by atoms with Crippen LogP contribution in [0.1, 0.15) is 74.6 Å². The third-order valence-electron chi connectivity index (χ3n) is 7.07. The summed E-state index contributed by atoms with van der Waals surface area (Å²) in [7, 11) is 4.72. The van der Waals surface area contributed by atoms with Gasteiger partial charge in [0.1, 0.15) is 0 Å². The van der Waals surface area contributed by atoms with Crippen molar-refractivity contribution in [2.45, 2.75) is 58.8 Å². The van der Waals surface area contributed by atoms with Crippen molar-refractivity contribution in [3.63, 3.8) is 0 Å². The number of hydrogen-bond acceptors (Lipinski definition) is 2. The number of allylic oxidation sites excluding steroid dienone is 5. The fraction of sp³-hybridized carbons (Fsp3) is 0.355. The first kappa shape index (κ1) is 27.1. The van der Waals surface area contributed by atoms with Gasteiger partial charge in [-0.1, -0.05) is 81.2 Å². The normalized spacial score (nSPS) is 15.1. The van der Waals surface area contributed by atoms with Crippen LogP contribution in [0.2, 0.25) is 0 Å². The quantitative estimate of drug-likeness (QED) is 0.202. The molecule has 2 aromatic rings. The Hall–Kier alpha value is -2.53. The van der Waals surface area contributed by atoms with Crippen molar-refractivity contribution in [2.24, 2.45) is 5.41 Å². The summed E-state index contributed by atoms with van der Waals surface area (Å²) < 4.78 is 0. The molecule has 3 rings (SSSR count). The predicted molar refractivity (Wildman–Crippen MR) is 157 cm³/mol. The van der Waals surface area contributed by atoms with Crippen LogP contribution in [0.5, 0.6) is 0 Å². The average Bonchev–Trinajstić information content (AvgIpc) is 3.66. The number of benzene rings is 2. The van der Waals surface area contributed by atoms with E-state index < -0.39 is 0 Å². The molecule has 1 unspecified atom stereocenters. The molecule has 0 N–H and O–H groups in total. The fourth-order valence-corrected chi connectivity index (χ4v) is 5.33. The molecule has 1 aliphatic rings. The summed E-state index contributed by atoms with van der Waals surface area (Å²) in [6, 6.07) is 17.4. The summed E-state index contributed by atoms with van der Waals surface area (Å²) in [5.41, 5.74) is 6.49. The largest absolute Gasteiger partial charge is 0.343 e. The van der Waals surface area contributed by atoms with Gasteiger partial charge in [-0.15, -0.1) is 9.24 Å². The van der Waals surface area contributed by atoms with Crippen LogP contribution in [0.15, 0.2) is 78.5 Å². The van der Waals surface area contributed by atoms with E-state index in [2.05, 4.69) is 91.2 Å². The Bertz CT molecular complexity index is 1190. The summed E-state index contributed by atoms with van der Waals surface area (Å²) in [4.78, 5) is 2.85. The number of nitrogens with zero attached hydrogens (tertiary/aromatic N) is 2. The Morgan fingerprint density at radius 3 is 2.46 bits per heavy atom. The molecule has 0 bridgehead atoms. The van der Waals surface area contributed by atoms with Crippen LogP contribution in [-0.2, 0) is 6.42 Å². The van der Waals surface area contributed by atoms with Crippen LogP contribution in [0.4, 0.5) is 0 Å². The van der Waals surface area contributed by atoms with Crippen LogP contribution in [0, 0.1) is 16.7 Å². The number of thiocarbonyl (C=S) groups is 1. The minimum absolute atomic E-state index is 0.0452. The number of rotatable bonds is 9. The van der Waals surface area contributed by atoms with Crippen molar-refractivity contribution in [3.05, 3.63) is 101 Å². The zero-order valence-electron chi connectivity index (χ0n) is 21.6. The van der Waals surface area contributed by atoms with Gasteiger partial charge in [0.05, 0.1) is 16.6 Å². The number of nitriles is 1. The topological polar surface area (TPSA) is 27.0 Å². The third kappa shape index (κ3) is 6.58.